The Morgan fingerprint density at radius 3 is 2.33 bits per heavy atom. The zero-order chi connectivity index (χ0) is 28.0. The Bertz CT molecular complexity index is 1270. The average molecular weight is 546 g/mol. The minimum absolute atomic E-state index is 0.00830. The lowest BCUT2D eigenvalue weighted by Gasteiger charge is -2.26. The van der Waals surface area contributed by atoms with Crippen molar-refractivity contribution in [2.24, 2.45) is 5.92 Å². The van der Waals surface area contributed by atoms with Gasteiger partial charge < -0.3 is 4.74 Å². The number of ketones is 1. The topological polar surface area (TPSA) is 29.5 Å². The number of carbonyl (C=O) groups is 1. The lowest BCUT2D eigenvalue weighted by Crippen LogP contribution is -2.30. The summed E-state index contributed by atoms with van der Waals surface area (Å²) in [5, 5.41) is 0. The van der Waals surface area contributed by atoms with Gasteiger partial charge in [-0.05, 0) is 93.1 Å². The predicted octanol–water partition coefficient (Wildman–Crippen LogP) is 7.83. The number of rotatable bonds is 5. The highest BCUT2D eigenvalue weighted by Crippen LogP contribution is 2.27. The number of alkyl halides is 3. The molecular weight excluding hydrogens is 513 g/mol. The van der Waals surface area contributed by atoms with Crippen molar-refractivity contribution in [3.05, 3.63) is 100 Å². The number of hydrogen-bond donors (Lipinski definition) is 0. The van der Waals surface area contributed by atoms with Crippen LogP contribution in [0.4, 0.5) is 22.0 Å². The summed E-state index contributed by atoms with van der Waals surface area (Å²) in [6.07, 6.45) is -0.288. The molecule has 3 aromatic rings. The second-order valence-electron chi connectivity index (χ2n) is 10.2. The molecule has 0 bridgehead atoms. The van der Waals surface area contributed by atoms with E-state index in [9.17, 15) is 26.7 Å². The van der Waals surface area contributed by atoms with Crippen LogP contribution in [0.25, 0.3) is 0 Å². The molecule has 3 aromatic carbocycles. The van der Waals surface area contributed by atoms with Gasteiger partial charge in [-0.2, -0.15) is 0 Å². The normalized spacial score (nSPS) is 17.7. The van der Waals surface area contributed by atoms with Crippen LogP contribution in [0.2, 0.25) is 0 Å². The number of benzene rings is 3. The molecule has 4 rings (SSSR count). The Morgan fingerprint density at radius 1 is 0.872 bits per heavy atom. The van der Waals surface area contributed by atoms with Crippen LogP contribution in [0, 0.1) is 24.5 Å². The summed E-state index contributed by atoms with van der Waals surface area (Å²) in [6.45, 7) is 3.74. The third-order valence-corrected chi connectivity index (χ3v) is 7.14. The maximum Gasteiger partial charge on any atom is 0.573 e. The Kier molecular flexibility index (Phi) is 9.38. The van der Waals surface area contributed by atoms with Gasteiger partial charge in [-0.1, -0.05) is 48.4 Å². The largest absolute Gasteiger partial charge is 0.573 e. The van der Waals surface area contributed by atoms with Crippen LogP contribution >= 0.6 is 0 Å². The lowest BCUT2D eigenvalue weighted by molar-refractivity contribution is -0.274. The lowest BCUT2D eigenvalue weighted by atomic mass is 9.85. The van der Waals surface area contributed by atoms with E-state index in [2.05, 4.69) is 15.7 Å². The minimum atomic E-state index is -4.77. The van der Waals surface area contributed by atoms with Crippen molar-refractivity contribution in [3.63, 3.8) is 0 Å². The van der Waals surface area contributed by atoms with Gasteiger partial charge in [0.1, 0.15) is 5.75 Å². The molecule has 1 heterocycles. The first-order chi connectivity index (χ1) is 18.6. The molecule has 0 fully saturated rings. The Morgan fingerprint density at radius 2 is 1.62 bits per heavy atom. The molecule has 0 aromatic heterocycles. The Hall–Kier alpha value is -3.26. The molecule has 39 heavy (non-hydrogen) atoms. The van der Waals surface area contributed by atoms with Crippen molar-refractivity contribution in [1.82, 2.24) is 4.90 Å². The standard InChI is InChI=1S/C31H32F5NO2/c1-21-6-12-27-24(17-21)5-3-2-4-15-37(20-23-9-13-28(32)29(33)19-23)16-14-25(30(27)38)18-22-7-10-26(11-8-22)39-31(34,35)36/h6-13,17,19,25H,2-5,14-16,18,20H2,1H3. The van der Waals surface area contributed by atoms with Crippen LogP contribution in [-0.2, 0) is 19.4 Å². The van der Waals surface area contributed by atoms with Gasteiger partial charge in [0.2, 0.25) is 0 Å². The van der Waals surface area contributed by atoms with Crippen LogP contribution in [0.3, 0.4) is 0 Å². The first-order valence-corrected chi connectivity index (χ1v) is 13.2. The zero-order valence-electron chi connectivity index (χ0n) is 21.9. The summed E-state index contributed by atoms with van der Waals surface area (Å²) >= 11 is 0. The fourth-order valence-corrected chi connectivity index (χ4v) is 5.16. The summed E-state index contributed by atoms with van der Waals surface area (Å²) < 4.78 is 69.0. The smallest absolute Gasteiger partial charge is 0.406 e. The number of nitrogens with zero attached hydrogens (tertiary/aromatic N) is 1. The van der Waals surface area contributed by atoms with Gasteiger partial charge >= 0.3 is 6.36 Å². The van der Waals surface area contributed by atoms with E-state index in [-0.39, 0.29) is 11.5 Å². The van der Waals surface area contributed by atoms with Gasteiger partial charge in [-0.15, -0.1) is 13.2 Å². The van der Waals surface area contributed by atoms with Crippen LogP contribution in [0.5, 0.6) is 5.75 Å². The fraction of sp³-hybridized carbons (Fsp3) is 0.387. The summed E-state index contributed by atoms with van der Waals surface area (Å²) in [7, 11) is 0. The van der Waals surface area contributed by atoms with Crippen LogP contribution in [-0.4, -0.2) is 30.1 Å². The molecular formula is C31H32F5NO2. The van der Waals surface area contributed by atoms with Gasteiger partial charge in [0, 0.05) is 18.0 Å². The first kappa shape index (κ1) is 28.7. The van der Waals surface area contributed by atoms with Crippen molar-refractivity contribution in [3.8, 4) is 5.75 Å². The Balaban J connectivity index is 1.58. The molecule has 0 saturated heterocycles. The van der Waals surface area contributed by atoms with E-state index in [0.717, 1.165) is 55.0 Å². The number of aryl methyl sites for hydroxylation is 2. The van der Waals surface area contributed by atoms with Crippen molar-refractivity contribution >= 4 is 5.78 Å². The van der Waals surface area contributed by atoms with E-state index >= 15 is 0 Å². The number of hydrogen-bond acceptors (Lipinski definition) is 3. The van der Waals surface area contributed by atoms with E-state index in [4.69, 9.17) is 0 Å². The van der Waals surface area contributed by atoms with Gasteiger partial charge in [-0.3, -0.25) is 9.69 Å². The quantitative estimate of drug-likeness (QED) is 0.306. The highest BCUT2D eigenvalue weighted by atomic mass is 19.4. The summed E-state index contributed by atoms with van der Waals surface area (Å²) in [5.74, 6) is -2.49. The average Bonchev–Trinajstić information content (AvgIpc) is 2.87. The highest BCUT2D eigenvalue weighted by molar-refractivity contribution is 5.99. The van der Waals surface area contributed by atoms with Crippen LogP contribution in [0.15, 0.2) is 60.7 Å². The van der Waals surface area contributed by atoms with E-state index in [0.29, 0.717) is 37.1 Å². The Labute approximate surface area is 225 Å². The molecule has 0 spiro atoms. The van der Waals surface area contributed by atoms with E-state index < -0.39 is 23.9 Å². The molecule has 0 N–H and O–H groups in total. The SMILES string of the molecule is Cc1ccc2c(c1)CCCCCN(Cc1ccc(F)c(F)c1)CCC(Cc1ccc(OC(F)(F)F)cc1)C2=O. The molecule has 0 radical (unpaired) electrons. The van der Waals surface area contributed by atoms with Crippen molar-refractivity contribution < 1.29 is 31.5 Å². The molecule has 1 aliphatic rings. The first-order valence-electron chi connectivity index (χ1n) is 13.2. The molecule has 3 nitrogen and oxygen atoms in total. The number of fused-ring (bicyclic) bond motifs is 1. The molecule has 0 amide bonds. The zero-order valence-corrected chi connectivity index (χ0v) is 21.9. The van der Waals surface area contributed by atoms with Crippen LogP contribution < -0.4 is 4.74 Å². The van der Waals surface area contributed by atoms with E-state index in [1.807, 2.05) is 19.1 Å². The van der Waals surface area contributed by atoms with E-state index in [1.165, 1.54) is 18.2 Å². The molecule has 1 atom stereocenters. The van der Waals surface area contributed by atoms with Crippen LogP contribution in [0.1, 0.15) is 58.3 Å². The van der Waals surface area contributed by atoms with Gasteiger partial charge in [0.25, 0.3) is 0 Å². The molecule has 0 saturated carbocycles. The molecule has 1 unspecified atom stereocenters. The third-order valence-electron chi connectivity index (χ3n) is 7.14. The fourth-order valence-electron chi connectivity index (χ4n) is 5.16. The van der Waals surface area contributed by atoms with Gasteiger partial charge in [0.05, 0.1) is 0 Å². The van der Waals surface area contributed by atoms with E-state index in [1.54, 1.807) is 18.2 Å². The maximum atomic E-state index is 13.9. The number of Topliss-reactive ketones (excluding diaryl/α,β-unsaturated/α-hetero) is 1. The number of carbonyl (C=O) groups excluding carboxylic acids is 1. The molecule has 1 aliphatic heterocycles. The summed E-state index contributed by atoms with van der Waals surface area (Å²) in [5.41, 5.74) is 4.19. The minimum Gasteiger partial charge on any atom is -0.406 e. The summed E-state index contributed by atoms with van der Waals surface area (Å²) in [4.78, 5) is 16.0. The second kappa shape index (κ2) is 12.7. The third kappa shape index (κ3) is 8.36. The number of halogens is 5. The monoisotopic (exact) mass is 545 g/mol. The van der Waals surface area contributed by atoms with Crippen molar-refractivity contribution in [2.45, 2.75) is 58.4 Å². The maximum absolute atomic E-state index is 13.9. The highest BCUT2D eigenvalue weighted by Gasteiger charge is 2.31. The van der Waals surface area contributed by atoms with Crippen molar-refractivity contribution in [1.29, 1.82) is 0 Å². The number of ether oxygens (including phenoxy) is 1. The summed E-state index contributed by atoms with van der Waals surface area (Å²) in [6, 6.07) is 15.4. The van der Waals surface area contributed by atoms with Gasteiger partial charge in [-0.25, -0.2) is 8.78 Å². The predicted molar refractivity (Wildman–Crippen MR) is 140 cm³/mol. The molecule has 0 aliphatic carbocycles. The molecule has 208 valence electrons. The van der Waals surface area contributed by atoms with Crippen molar-refractivity contribution in [2.75, 3.05) is 13.1 Å². The molecule has 8 heteroatoms. The second-order valence-corrected chi connectivity index (χ2v) is 10.2. The van der Waals surface area contributed by atoms with Gasteiger partial charge in [0.15, 0.2) is 17.4 Å².